The first-order chi connectivity index (χ1) is 12.0. The summed E-state index contributed by atoms with van der Waals surface area (Å²) in [7, 11) is 0. The van der Waals surface area contributed by atoms with E-state index >= 15 is 0 Å². The molecule has 0 saturated heterocycles. The maximum absolute atomic E-state index is 12.1. The van der Waals surface area contributed by atoms with Crippen molar-refractivity contribution in [1.29, 1.82) is 0 Å². The maximum atomic E-state index is 12.1. The first-order valence-electron chi connectivity index (χ1n) is 7.50. The van der Waals surface area contributed by atoms with Crippen LogP contribution in [0.25, 0.3) is 10.2 Å². The van der Waals surface area contributed by atoms with Crippen molar-refractivity contribution in [2.75, 3.05) is 6.61 Å². The van der Waals surface area contributed by atoms with Gasteiger partial charge in [-0.15, -0.1) is 23.1 Å². The smallest absolute Gasteiger partial charge is 0.348 e. The largest absolute Gasteiger partial charge is 0.462 e. The first kappa shape index (κ1) is 18.6. The second kappa shape index (κ2) is 8.03. The molecule has 0 saturated carbocycles. The molecule has 1 aromatic carbocycles. The third-order valence-electron chi connectivity index (χ3n) is 3.43. The van der Waals surface area contributed by atoms with Gasteiger partial charge in [-0.25, -0.2) is 14.8 Å². The minimum atomic E-state index is -0.343. The lowest BCUT2D eigenvalue weighted by atomic mass is 10.2. The maximum Gasteiger partial charge on any atom is 0.348 e. The fourth-order valence-corrected chi connectivity index (χ4v) is 4.76. The number of aromatic nitrogens is 2. The van der Waals surface area contributed by atoms with Gasteiger partial charge in [0.2, 0.25) is 0 Å². The number of halogens is 2. The standard InChI is InChI=1S/C17H14BrClN2O2S2/c1-3-23-17(22)14-9(2)13-15(19)20-12(21-16(13)25-14)8-24-11-6-4-10(18)5-7-11/h4-7H,3,8H2,1-2H3. The van der Waals surface area contributed by atoms with Gasteiger partial charge in [0.05, 0.1) is 17.7 Å². The zero-order valence-corrected chi connectivity index (χ0v) is 17.5. The Hall–Kier alpha value is -1.15. The Balaban J connectivity index is 1.88. The van der Waals surface area contributed by atoms with E-state index in [0.717, 1.165) is 20.3 Å². The Morgan fingerprint density at radius 2 is 2.04 bits per heavy atom. The van der Waals surface area contributed by atoms with Crippen molar-refractivity contribution in [2.24, 2.45) is 0 Å². The average molecular weight is 458 g/mol. The Morgan fingerprint density at radius 1 is 1.32 bits per heavy atom. The monoisotopic (exact) mass is 456 g/mol. The molecular weight excluding hydrogens is 444 g/mol. The molecule has 0 atom stereocenters. The number of fused-ring (bicyclic) bond motifs is 1. The number of ether oxygens (including phenoxy) is 1. The van der Waals surface area contributed by atoms with Gasteiger partial charge in [0.1, 0.15) is 20.7 Å². The third kappa shape index (κ3) is 4.16. The van der Waals surface area contributed by atoms with Gasteiger partial charge in [0, 0.05) is 9.37 Å². The molecule has 0 aliphatic rings. The SMILES string of the molecule is CCOC(=O)c1sc2nc(CSc3ccc(Br)cc3)nc(Cl)c2c1C. The van der Waals surface area contributed by atoms with Crippen LogP contribution >= 0.6 is 50.6 Å². The molecule has 2 aromatic heterocycles. The number of hydrogen-bond donors (Lipinski definition) is 0. The highest BCUT2D eigenvalue weighted by atomic mass is 79.9. The van der Waals surface area contributed by atoms with Gasteiger partial charge in [-0.05, 0) is 43.7 Å². The second-order valence-corrected chi connectivity index (χ2v) is 8.45. The van der Waals surface area contributed by atoms with Gasteiger partial charge in [0.15, 0.2) is 0 Å². The normalized spacial score (nSPS) is 11.0. The van der Waals surface area contributed by atoms with Gasteiger partial charge in [0.25, 0.3) is 0 Å². The van der Waals surface area contributed by atoms with E-state index in [1.165, 1.54) is 11.3 Å². The summed E-state index contributed by atoms with van der Waals surface area (Å²) in [6, 6.07) is 8.05. The lowest BCUT2D eigenvalue weighted by Crippen LogP contribution is -2.03. The zero-order valence-electron chi connectivity index (χ0n) is 13.5. The molecule has 3 rings (SSSR count). The Bertz CT molecular complexity index is 929. The van der Waals surface area contributed by atoms with Crippen LogP contribution in [-0.2, 0) is 10.5 Å². The van der Waals surface area contributed by atoms with E-state index in [4.69, 9.17) is 16.3 Å². The summed E-state index contributed by atoms with van der Waals surface area (Å²) >= 11 is 12.7. The van der Waals surface area contributed by atoms with E-state index in [-0.39, 0.29) is 5.97 Å². The van der Waals surface area contributed by atoms with Crippen molar-refractivity contribution in [3.8, 4) is 0 Å². The van der Waals surface area contributed by atoms with Gasteiger partial charge >= 0.3 is 5.97 Å². The van der Waals surface area contributed by atoms with E-state index in [9.17, 15) is 4.79 Å². The second-order valence-electron chi connectivity index (χ2n) is 5.13. The van der Waals surface area contributed by atoms with Crippen LogP contribution in [0.15, 0.2) is 33.6 Å². The average Bonchev–Trinajstić information content (AvgIpc) is 2.92. The topological polar surface area (TPSA) is 52.1 Å². The molecule has 4 nitrogen and oxygen atoms in total. The van der Waals surface area contributed by atoms with Gasteiger partial charge < -0.3 is 4.74 Å². The van der Waals surface area contributed by atoms with Crippen LogP contribution < -0.4 is 0 Å². The van der Waals surface area contributed by atoms with Crippen LogP contribution in [0.2, 0.25) is 5.15 Å². The van der Waals surface area contributed by atoms with Crippen LogP contribution in [0.5, 0.6) is 0 Å². The highest BCUT2D eigenvalue weighted by molar-refractivity contribution is 9.10. The molecule has 130 valence electrons. The third-order valence-corrected chi connectivity index (χ3v) is 6.41. The molecule has 3 aromatic rings. The van der Waals surface area contributed by atoms with Gasteiger partial charge in [-0.2, -0.15) is 0 Å². The predicted octanol–water partition coefficient (Wildman–Crippen LogP) is 5.88. The lowest BCUT2D eigenvalue weighted by molar-refractivity contribution is 0.0531. The molecule has 0 radical (unpaired) electrons. The number of rotatable bonds is 5. The molecule has 25 heavy (non-hydrogen) atoms. The van der Waals surface area contributed by atoms with Crippen molar-refractivity contribution in [1.82, 2.24) is 9.97 Å². The number of carbonyl (C=O) groups excluding carboxylic acids is 1. The van der Waals surface area contributed by atoms with Crippen molar-refractivity contribution < 1.29 is 9.53 Å². The highest BCUT2D eigenvalue weighted by Gasteiger charge is 2.20. The molecule has 0 unspecified atom stereocenters. The fourth-order valence-electron chi connectivity index (χ4n) is 2.27. The summed E-state index contributed by atoms with van der Waals surface area (Å²) in [5.41, 5.74) is 0.774. The lowest BCUT2D eigenvalue weighted by Gasteiger charge is -2.03. The number of aryl methyl sites for hydroxylation is 1. The van der Waals surface area contributed by atoms with Crippen molar-refractivity contribution in [2.45, 2.75) is 24.5 Å². The summed E-state index contributed by atoms with van der Waals surface area (Å²) in [6.07, 6.45) is 0. The number of thioether (sulfide) groups is 1. The van der Waals surface area contributed by atoms with Crippen LogP contribution in [0.3, 0.4) is 0 Å². The van der Waals surface area contributed by atoms with E-state index in [0.29, 0.717) is 33.0 Å². The van der Waals surface area contributed by atoms with Crippen LogP contribution in [0.1, 0.15) is 28.0 Å². The molecule has 0 aliphatic carbocycles. The van der Waals surface area contributed by atoms with Crippen molar-refractivity contribution in [3.63, 3.8) is 0 Å². The Labute approximate surface area is 167 Å². The first-order valence-corrected chi connectivity index (χ1v) is 10.5. The van der Waals surface area contributed by atoms with E-state index in [1.807, 2.05) is 31.2 Å². The number of hydrogen-bond acceptors (Lipinski definition) is 6. The molecule has 0 aliphatic heterocycles. The quantitative estimate of drug-likeness (QED) is 0.272. The summed E-state index contributed by atoms with van der Waals surface area (Å²) in [4.78, 5) is 23.4. The van der Waals surface area contributed by atoms with Gasteiger partial charge in [-0.3, -0.25) is 0 Å². The number of esters is 1. The van der Waals surface area contributed by atoms with Crippen molar-refractivity contribution in [3.05, 3.63) is 50.2 Å². The zero-order chi connectivity index (χ0) is 18.0. The molecule has 2 heterocycles. The molecule has 8 heteroatoms. The Morgan fingerprint density at radius 3 is 2.72 bits per heavy atom. The molecule has 0 bridgehead atoms. The number of benzene rings is 1. The molecule has 0 spiro atoms. The number of carbonyl (C=O) groups is 1. The molecule has 0 N–H and O–H groups in total. The fraction of sp³-hybridized carbons (Fsp3) is 0.235. The van der Waals surface area contributed by atoms with E-state index < -0.39 is 0 Å². The highest BCUT2D eigenvalue weighted by Crippen LogP contribution is 2.35. The summed E-state index contributed by atoms with van der Waals surface area (Å²) < 4.78 is 6.14. The molecule has 0 fully saturated rings. The molecular formula is C17H14BrClN2O2S2. The molecule has 0 amide bonds. The predicted molar refractivity (Wildman–Crippen MR) is 107 cm³/mol. The number of thiophene rings is 1. The van der Waals surface area contributed by atoms with E-state index in [1.54, 1.807) is 18.7 Å². The number of nitrogens with zero attached hydrogens (tertiary/aromatic N) is 2. The summed E-state index contributed by atoms with van der Waals surface area (Å²) in [5, 5.41) is 1.10. The summed E-state index contributed by atoms with van der Waals surface area (Å²) in [6.45, 7) is 3.96. The summed E-state index contributed by atoms with van der Waals surface area (Å²) in [5.74, 6) is 0.898. The van der Waals surface area contributed by atoms with E-state index in [2.05, 4.69) is 25.9 Å². The van der Waals surface area contributed by atoms with Gasteiger partial charge in [-0.1, -0.05) is 27.5 Å². The van der Waals surface area contributed by atoms with Crippen LogP contribution in [0.4, 0.5) is 0 Å². The Kier molecular flexibility index (Phi) is 5.99. The van der Waals surface area contributed by atoms with Crippen LogP contribution in [-0.4, -0.2) is 22.5 Å². The van der Waals surface area contributed by atoms with Crippen LogP contribution in [0, 0.1) is 6.92 Å². The van der Waals surface area contributed by atoms with Crippen molar-refractivity contribution >= 4 is 66.8 Å². The minimum Gasteiger partial charge on any atom is -0.462 e. The minimum absolute atomic E-state index is 0.334.